The molecule has 0 atom stereocenters. The molecule has 0 bridgehead atoms. The van der Waals surface area contributed by atoms with Gasteiger partial charge in [-0.15, -0.1) is 0 Å². The Labute approximate surface area is 152 Å². The van der Waals surface area contributed by atoms with E-state index in [4.69, 9.17) is 10.7 Å². The van der Waals surface area contributed by atoms with Crippen molar-refractivity contribution >= 4 is 11.9 Å². The van der Waals surface area contributed by atoms with E-state index in [2.05, 4.69) is 31.7 Å². The zero-order valence-corrected chi connectivity index (χ0v) is 15.1. The van der Waals surface area contributed by atoms with E-state index in [0.29, 0.717) is 13.0 Å². The SMILES string of the molecule is CC1CCN(c2nc3c(c(=O)[nH]2)CCN(Cc2cnc(N)nc2)C3)CC1. The number of nitrogens with zero attached hydrogens (tertiary/aromatic N) is 5. The van der Waals surface area contributed by atoms with Crippen LogP contribution in [-0.2, 0) is 19.5 Å². The number of aromatic amines is 1. The van der Waals surface area contributed by atoms with Crippen LogP contribution in [0.4, 0.5) is 11.9 Å². The van der Waals surface area contributed by atoms with Crippen LogP contribution in [0.25, 0.3) is 0 Å². The van der Waals surface area contributed by atoms with Crippen molar-refractivity contribution in [3.8, 4) is 0 Å². The first-order valence-corrected chi connectivity index (χ1v) is 9.24. The lowest BCUT2D eigenvalue weighted by Crippen LogP contribution is -2.39. The molecule has 4 heterocycles. The number of piperidine rings is 1. The number of rotatable bonds is 3. The van der Waals surface area contributed by atoms with E-state index in [-0.39, 0.29) is 11.5 Å². The lowest BCUT2D eigenvalue weighted by atomic mass is 9.99. The Bertz CT molecular complexity index is 824. The quantitative estimate of drug-likeness (QED) is 0.844. The Morgan fingerprint density at radius 2 is 1.96 bits per heavy atom. The van der Waals surface area contributed by atoms with Gasteiger partial charge in [0.15, 0.2) is 0 Å². The van der Waals surface area contributed by atoms with Gasteiger partial charge in [-0.25, -0.2) is 15.0 Å². The maximum absolute atomic E-state index is 12.5. The van der Waals surface area contributed by atoms with Gasteiger partial charge in [0.1, 0.15) is 0 Å². The monoisotopic (exact) mass is 355 g/mol. The Hall–Kier alpha value is -2.48. The van der Waals surface area contributed by atoms with Crippen LogP contribution in [0.5, 0.6) is 0 Å². The van der Waals surface area contributed by atoms with Gasteiger partial charge in [-0.05, 0) is 25.2 Å². The van der Waals surface area contributed by atoms with Gasteiger partial charge in [-0.3, -0.25) is 14.7 Å². The van der Waals surface area contributed by atoms with Crippen molar-refractivity contribution in [2.45, 2.75) is 39.3 Å². The second kappa shape index (κ2) is 7.03. The minimum Gasteiger partial charge on any atom is -0.368 e. The van der Waals surface area contributed by atoms with E-state index in [1.807, 2.05) is 0 Å². The van der Waals surface area contributed by atoms with Crippen LogP contribution in [-0.4, -0.2) is 44.5 Å². The van der Waals surface area contributed by atoms with Crippen molar-refractivity contribution in [3.05, 3.63) is 39.6 Å². The zero-order chi connectivity index (χ0) is 18.1. The fourth-order valence-corrected chi connectivity index (χ4v) is 3.69. The second-order valence-corrected chi connectivity index (χ2v) is 7.39. The maximum atomic E-state index is 12.5. The molecule has 2 aliphatic heterocycles. The Morgan fingerprint density at radius 3 is 2.69 bits per heavy atom. The molecule has 0 spiro atoms. The van der Waals surface area contributed by atoms with Crippen LogP contribution in [0.2, 0.25) is 0 Å². The molecule has 1 saturated heterocycles. The number of fused-ring (bicyclic) bond motifs is 1. The summed E-state index contributed by atoms with van der Waals surface area (Å²) in [6, 6.07) is 0. The third-order valence-corrected chi connectivity index (χ3v) is 5.35. The third kappa shape index (κ3) is 3.55. The molecule has 8 nitrogen and oxygen atoms in total. The third-order valence-electron chi connectivity index (χ3n) is 5.35. The molecule has 2 aliphatic rings. The maximum Gasteiger partial charge on any atom is 0.255 e. The van der Waals surface area contributed by atoms with Crippen molar-refractivity contribution in [2.24, 2.45) is 5.92 Å². The van der Waals surface area contributed by atoms with Crippen LogP contribution in [0.3, 0.4) is 0 Å². The van der Waals surface area contributed by atoms with E-state index in [9.17, 15) is 4.79 Å². The molecular weight excluding hydrogens is 330 g/mol. The van der Waals surface area contributed by atoms with E-state index in [1.54, 1.807) is 12.4 Å². The summed E-state index contributed by atoms with van der Waals surface area (Å²) in [6.45, 7) is 6.40. The van der Waals surface area contributed by atoms with Gasteiger partial charge in [0, 0.05) is 56.2 Å². The smallest absolute Gasteiger partial charge is 0.255 e. The van der Waals surface area contributed by atoms with E-state index >= 15 is 0 Å². The molecule has 26 heavy (non-hydrogen) atoms. The number of hydrogen-bond donors (Lipinski definition) is 2. The van der Waals surface area contributed by atoms with Gasteiger partial charge in [-0.2, -0.15) is 0 Å². The molecule has 138 valence electrons. The highest BCUT2D eigenvalue weighted by molar-refractivity contribution is 5.35. The van der Waals surface area contributed by atoms with Crippen molar-refractivity contribution in [1.29, 1.82) is 0 Å². The molecule has 3 N–H and O–H groups in total. The molecule has 8 heteroatoms. The average Bonchev–Trinajstić information content (AvgIpc) is 2.64. The molecule has 0 saturated carbocycles. The van der Waals surface area contributed by atoms with Crippen LogP contribution >= 0.6 is 0 Å². The summed E-state index contributed by atoms with van der Waals surface area (Å²) < 4.78 is 0. The van der Waals surface area contributed by atoms with Gasteiger partial charge in [0.25, 0.3) is 5.56 Å². The van der Waals surface area contributed by atoms with Gasteiger partial charge in [-0.1, -0.05) is 6.92 Å². The second-order valence-electron chi connectivity index (χ2n) is 7.39. The van der Waals surface area contributed by atoms with Crippen molar-refractivity contribution in [2.75, 3.05) is 30.3 Å². The van der Waals surface area contributed by atoms with E-state index in [0.717, 1.165) is 67.7 Å². The van der Waals surface area contributed by atoms with Crippen molar-refractivity contribution in [3.63, 3.8) is 0 Å². The van der Waals surface area contributed by atoms with Gasteiger partial charge in [0.2, 0.25) is 11.9 Å². The molecule has 0 radical (unpaired) electrons. The molecule has 0 aromatic carbocycles. The number of nitrogens with two attached hydrogens (primary N) is 1. The summed E-state index contributed by atoms with van der Waals surface area (Å²) in [5.41, 5.74) is 8.29. The minimum absolute atomic E-state index is 0.0130. The van der Waals surface area contributed by atoms with Gasteiger partial charge in [0.05, 0.1) is 5.69 Å². The normalized spacial score (nSPS) is 18.7. The van der Waals surface area contributed by atoms with Gasteiger partial charge < -0.3 is 10.6 Å². The molecular formula is C18H25N7O. The molecule has 2 aromatic heterocycles. The number of hydrogen-bond acceptors (Lipinski definition) is 7. The molecule has 0 unspecified atom stereocenters. The summed E-state index contributed by atoms with van der Waals surface area (Å²) in [5.74, 6) is 1.75. The molecule has 0 aliphatic carbocycles. The van der Waals surface area contributed by atoms with Crippen LogP contribution < -0.4 is 16.2 Å². The summed E-state index contributed by atoms with van der Waals surface area (Å²) >= 11 is 0. The summed E-state index contributed by atoms with van der Waals surface area (Å²) in [4.78, 5) is 32.9. The fraction of sp³-hybridized carbons (Fsp3) is 0.556. The highest BCUT2D eigenvalue weighted by Gasteiger charge is 2.24. The van der Waals surface area contributed by atoms with Crippen LogP contribution in [0, 0.1) is 5.92 Å². The highest BCUT2D eigenvalue weighted by atomic mass is 16.1. The predicted octanol–water partition coefficient (Wildman–Crippen LogP) is 0.937. The molecule has 2 aromatic rings. The van der Waals surface area contributed by atoms with Crippen molar-refractivity contribution in [1.82, 2.24) is 24.8 Å². The number of nitrogens with one attached hydrogen (secondary N) is 1. The first kappa shape index (κ1) is 17.0. The van der Waals surface area contributed by atoms with E-state index < -0.39 is 0 Å². The molecule has 0 amide bonds. The number of H-pyrrole nitrogens is 1. The number of nitrogen functional groups attached to an aromatic ring is 1. The summed E-state index contributed by atoms with van der Waals surface area (Å²) in [6.07, 6.45) is 6.51. The Balaban J connectivity index is 1.52. The zero-order valence-electron chi connectivity index (χ0n) is 15.1. The number of anilines is 2. The molecule has 1 fully saturated rings. The largest absolute Gasteiger partial charge is 0.368 e. The fourth-order valence-electron chi connectivity index (χ4n) is 3.69. The standard InChI is InChI=1S/C18H25N7O/c1-12-2-6-25(7-3-12)18-22-15-11-24(5-4-14(15)16(26)23-18)10-13-8-20-17(19)21-9-13/h8-9,12H,2-7,10-11H2,1H3,(H2,19,20,21)(H,22,23,26). The number of aromatic nitrogens is 4. The minimum atomic E-state index is 0.0130. The average molecular weight is 355 g/mol. The topological polar surface area (TPSA) is 104 Å². The lowest BCUT2D eigenvalue weighted by molar-refractivity contribution is 0.240. The molecule has 4 rings (SSSR count). The summed E-state index contributed by atoms with van der Waals surface area (Å²) in [7, 11) is 0. The first-order chi connectivity index (χ1) is 12.6. The first-order valence-electron chi connectivity index (χ1n) is 9.24. The predicted molar refractivity (Wildman–Crippen MR) is 99.7 cm³/mol. The van der Waals surface area contributed by atoms with Crippen LogP contribution in [0.1, 0.15) is 36.6 Å². The lowest BCUT2D eigenvalue weighted by Gasteiger charge is -2.32. The highest BCUT2D eigenvalue weighted by Crippen LogP contribution is 2.22. The Morgan fingerprint density at radius 1 is 1.23 bits per heavy atom. The van der Waals surface area contributed by atoms with Gasteiger partial charge >= 0.3 is 0 Å². The summed E-state index contributed by atoms with van der Waals surface area (Å²) in [5, 5.41) is 0. The van der Waals surface area contributed by atoms with E-state index in [1.165, 1.54) is 0 Å². The van der Waals surface area contributed by atoms with Crippen molar-refractivity contribution < 1.29 is 0 Å². The van der Waals surface area contributed by atoms with Crippen LogP contribution in [0.15, 0.2) is 17.2 Å². The Kier molecular flexibility index (Phi) is 4.58.